The van der Waals surface area contributed by atoms with Gasteiger partial charge in [0.15, 0.2) is 0 Å². The minimum Gasteiger partial charge on any atom is -0.319 e. The Morgan fingerprint density at radius 1 is 1.47 bits per heavy atom. The highest BCUT2D eigenvalue weighted by Gasteiger charge is 2.33. The van der Waals surface area contributed by atoms with Gasteiger partial charge in [0.1, 0.15) is 0 Å². The fourth-order valence-corrected chi connectivity index (χ4v) is 4.49. The van der Waals surface area contributed by atoms with Crippen LogP contribution >= 0.6 is 11.6 Å². The lowest BCUT2D eigenvalue weighted by molar-refractivity contribution is 0.451. The number of sulfonamides is 1. The highest BCUT2D eigenvalue weighted by molar-refractivity contribution is 7.89. The molecule has 0 spiro atoms. The van der Waals surface area contributed by atoms with Gasteiger partial charge in [-0.15, -0.1) is 0 Å². The standard InChI is InChI=1S/C13H19ClN2O2S/c1-10-12(14)4-3-5-13(10)19(17,18)16-7-6-11(9-16)8-15-2/h3-5,11,15H,6-9H2,1-2H3. The summed E-state index contributed by atoms with van der Waals surface area (Å²) in [5.41, 5.74) is 0.626. The summed E-state index contributed by atoms with van der Waals surface area (Å²) in [6, 6.07) is 5.02. The van der Waals surface area contributed by atoms with Crippen LogP contribution in [0.3, 0.4) is 0 Å². The fraction of sp³-hybridized carbons (Fsp3) is 0.538. The number of halogens is 1. The quantitative estimate of drug-likeness (QED) is 0.924. The largest absolute Gasteiger partial charge is 0.319 e. The molecule has 1 N–H and O–H groups in total. The predicted octanol–water partition coefficient (Wildman–Crippen LogP) is 1.88. The van der Waals surface area contributed by atoms with Crippen molar-refractivity contribution in [2.45, 2.75) is 18.2 Å². The van der Waals surface area contributed by atoms with Gasteiger partial charge >= 0.3 is 0 Å². The second-order valence-corrected chi connectivity index (χ2v) is 7.25. The van der Waals surface area contributed by atoms with Gasteiger partial charge in [-0.25, -0.2) is 8.42 Å². The summed E-state index contributed by atoms with van der Waals surface area (Å²) >= 11 is 6.01. The third-order valence-corrected chi connectivity index (χ3v) is 6.00. The normalized spacial score (nSPS) is 20.9. The highest BCUT2D eigenvalue weighted by Crippen LogP contribution is 2.28. The van der Waals surface area contributed by atoms with Crippen LogP contribution in [0.25, 0.3) is 0 Å². The van der Waals surface area contributed by atoms with Gasteiger partial charge in [-0.3, -0.25) is 0 Å². The molecule has 1 saturated heterocycles. The van der Waals surface area contributed by atoms with E-state index >= 15 is 0 Å². The van der Waals surface area contributed by atoms with E-state index < -0.39 is 10.0 Å². The van der Waals surface area contributed by atoms with Crippen LogP contribution in [0.1, 0.15) is 12.0 Å². The van der Waals surface area contributed by atoms with E-state index in [1.54, 1.807) is 29.4 Å². The van der Waals surface area contributed by atoms with Gasteiger partial charge in [-0.05, 0) is 50.6 Å². The Labute approximate surface area is 119 Å². The second-order valence-electron chi connectivity index (χ2n) is 4.94. The molecular weight excluding hydrogens is 284 g/mol. The van der Waals surface area contributed by atoms with Crippen molar-refractivity contribution >= 4 is 21.6 Å². The average Bonchev–Trinajstić information content (AvgIpc) is 2.82. The maximum absolute atomic E-state index is 12.6. The Morgan fingerprint density at radius 2 is 2.21 bits per heavy atom. The predicted molar refractivity (Wildman–Crippen MR) is 77.0 cm³/mol. The minimum atomic E-state index is -3.42. The van der Waals surface area contributed by atoms with Gasteiger partial charge in [0.2, 0.25) is 10.0 Å². The molecule has 1 atom stereocenters. The van der Waals surface area contributed by atoms with E-state index in [-0.39, 0.29) is 0 Å². The van der Waals surface area contributed by atoms with Crippen molar-refractivity contribution < 1.29 is 8.42 Å². The molecule has 1 aromatic carbocycles. The zero-order valence-electron chi connectivity index (χ0n) is 11.2. The lowest BCUT2D eigenvalue weighted by atomic mass is 10.1. The Balaban J connectivity index is 2.26. The van der Waals surface area contributed by atoms with Gasteiger partial charge < -0.3 is 5.32 Å². The van der Waals surface area contributed by atoms with E-state index in [1.807, 2.05) is 7.05 Å². The van der Waals surface area contributed by atoms with Crippen LogP contribution in [0.2, 0.25) is 5.02 Å². The molecule has 6 heteroatoms. The summed E-state index contributed by atoms with van der Waals surface area (Å²) < 4.78 is 26.8. The number of hydrogen-bond acceptors (Lipinski definition) is 3. The summed E-state index contributed by atoms with van der Waals surface area (Å²) in [5.74, 6) is 0.388. The first kappa shape index (κ1) is 14.8. The second kappa shape index (κ2) is 5.79. The van der Waals surface area contributed by atoms with Crippen LogP contribution in [0.15, 0.2) is 23.1 Å². The monoisotopic (exact) mass is 302 g/mol. The van der Waals surface area contributed by atoms with Crippen LogP contribution in [0, 0.1) is 12.8 Å². The van der Waals surface area contributed by atoms with Crippen molar-refractivity contribution in [3.63, 3.8) is 0 Å². The fourth-order valence-electron chi connectivity index (χ4n) is 2.48. The average molecular weight is 303 g/mol. The Bertz CT molecular complexity index is 560. The summed E-state index contributed by atoms with van der Waals surface area (Å²) in [4.78, 5) is 0.324. The lowest BCUT2D eigenvalue weighted by Gasteiger charge is -2.18. The van der Waals surface area contributed by atoms with Gasteiger partial charge in [0, 0.05) is 18.1 Å². The van der Waals surface area contributed by atoms with Gasteiger partial charge in [-0.2, -0.15) is 4.31 Å². The van der Waals surface area contributed by atoms with Gasteiger partial charge in [-0.1, -0.05) is 17.7 Å². The van der Waals surface area contributed by atoms with E-state index in [0.29, 0.717) is 34.5 Å². The van der Waals surface area contributed by atoms with Crippen LogP contribution in [0.5, 0.6) is 0 Å². The first-order chi connectivity index (χ1) is 8.96. The number of rotatable bonds is 4. The molecule has 2 rings (SSSR count). The molecule has 19 heavy (non-hydrogen) atoms. The van der Waals surface area contributed by atoms with Gasteiger partial charge in [0.05, 0.1) is 4.90 Å². The van der Waals surface area contributed by atoms with Crippen molar-refractivity contribution in [2.24, 2.45) is 5.92 Å². The third-order valence-electron chi connectivity index (χ3n) is 3.58. The molecule has 1 aromatic rings. The van der Waals surface area contributed by atoms with Crippen LogP contribution in [-0.4, -0.2) is 39.4 Å². The third kappa shape index (κ3) is 2.94. The van der Waals surface area contributed by atoms with Crippen LogP contribution < -0.4 is 5.32 Å². The van der Waals surface area contributed by atoms with E-state index in [2.05, 4.69) is 5.32 Å². The van der Waals surface area contributed by atoms with E-state index in [1.165, 1.54) is 0 Å². The number of benzene rings is 1. The molecule has 0 saturated carbocycles. The summed E-state index contributed by atoms with van der Waals surface area (Å²) in [6.45, 7) is 3.76. The Kier molecular flexibility index (Phi) is 4.50. The number of nitrogens with zero attached hydrogens (tertiary/aromatic N) is 1. The zero-order chi connectivity index (χ0) is 14.0. The SMILES string of the molecule is CNCC1CCN(S(=O)(=O)c2cccc(Cl)c2C)C1. The molecule has 1 aliphatic heterocycles. The van der Waals surface area contributed by atoms with Crippen molar-refractivity contribution in [3.05, 3.63) is 28.8 Å². The molecule has 4 nitrogen and oxygen atoms in total. The molecular formula is C13H19ClN2O2S. The van der Waals surface area contributed by atoms with E-state index in [9.17, 15) is 8.42 Å². The van der Waals surface area contributed by atoms with Crippen molar-refractivity contribution in [1.29, 1.82) is 0 Å². The molecule has 106 valence electrons. The summed E-state index contributed by atoms with van der Waals surface area (Å²) in [7, 11) is -1.53. The molecule has 0 amide bonds. The maximum Gasteiger partial charge on any atom is 0.243 e. The topological polar surface area (TPSA) is 49.4 Å². The zero-order valence-corrected chi connectivity index (χ0v) is 12.8. The maximum atomic E-state index is 12.6. The van der Waals surface area contributed by atoms with Gasteiger partial charge in [0.25, 0.3) is 0 Å². The Morgan fingerprint density at radius 3 is 2.89 bits per heavy atom. The van der Waals surface area contributed by atoms with Crippen molar-refractivity contribution in [3.8, 4) is 0 Å². The van der Waals surface area contributed by atoms with Crippen molar-refractivity contribution in [1.82, 2.24) is 9.62 Å². The smallest absolute Gasteiger partial charge is 0.243 e. The molecule has 1 heterocycles. The van der Waals surface area contributed by atoms with Crippen LogP contribution in [-0.2, 0) is 10.0 Å². The Hall–Kier alpha value is -0.620. The number of hydrogen-bond donors (Lipinski definition) is 1. The molecule has 0 radical (unpaired) electrons. The molecule has 1 aliphatic rings. The first-order valence-electron chi connectivity index (χ1n) is 6.36. The molecule has 0 bridgehead atoms. The van der Waals surface area contributed by atoms with E-state index in [4.69, 9.17) is 11.6 Å². The highest BCUT2D eigenvalue weighted by atomic mass is 35.5. The summed E-state index contributed by atoms with van der Waals surface area (Å²) in [5, 5.41) is 3.59. The summed E-state index contributed by atoms with van der Waals surface area (Å²) in [6.07, 6.45) is 0.902. The molecule has 1 unspecified atom stereocenters. The van der Waals surface area contributed by atoms with Crippen molar-refractivity contribution in [2.75, 3.05) is 26.7 Å². The molecule has 0 aliphatic carbocycles. The van der Waals surface area contributed by atoms with E-state index in [0.717, 1.165) is 13.0 Å². The number of nitrogens with one attached hydrogen (secondary N) is 1. The molecule has 0 aromatic heterocycles. The van der Waals surface area contributed by atoms with Crippen LogP contribution in [0.4, 0.5) is 0 Å². The minimum absolute atomic E-state index is 0.324. The first-order valence-corrected chi connectivity index (χ1v) is 8.18. The lowest BCUT2D eigenvalue weighted by Crippen LogP contribution is -2.31. The molecule has 1 fully saturated rings.